The van der Waals surface area contributed by atoms with Crippen molar-refractivity contribution in [3.8, 4) is 0 Å². The van der Waals surface area contributed by atoms with E-state index in [2.05, 4.69) is 11.7 Å². The summed E-state index contributed by atoms with van der Waals surface area (Å²) in [6, 6.07) is 0. The molecule has 0 bridgehead atoms. The van der Waals surface area contributed by atoms with Crippen molar-refractivity contribution in [2.45, 2.75) is 58.3 Å². The second-order valence-corrected chi connectivity index (χ2v) is 3.89. The van der Waals surface area contributed by atoms with Gasteiger partial charge >= 0.3 is 11.4 Å². The Balaban J connectivity index is 3.16. The fraction of sp³-hybridized carbons (Fsp3) is 0.818. The molecule has 0 saturated heterocycles. The van der Waals surface area contributed by atoms with Crippen LogP contribution in [0.4, 0.5) is 4.79 Å². The minimum Gasteiger partial charge on any atom is -0.381 e. The maximum absolute atomic E-state index is 10.9. The molecule has 0 heterocycles. The van der Waals surface area contributed by atoms with Crippen molar-refractivity contribution in [3.63, 3.8) is 0 Å². The maximum atomic E-state index is 10.9. The van der Waals surface area contributed by atoms with E-state index in [-0.39, 0.29) is 6.42 Å². The van der Waals surface area contributed by atoms with Crippen LogP contribution in [0.1, 0.15) is 58.3 Å². The van der Waals surface area contributed by atoms with Gasteiger partial charge in [0, 0.05) is 18.0 Å². The molecular weight excluding hydrogens is 216 g/mol. The average molecular weight is 235 g/mol. The van der Waals surface area contributed by atoms with E-state index in [4.69, 9.17) is 11.6 Å². The van der Waals surface area contributed by atoms with Crippen molar-refractivity contribution >= 4 is 23.0 Å². The largest absolute Gasteiger partial charge is 0.411 e. The third-order valence-corrected chi connectivity index (χ3v) is 2.26. The van der Waals surface area contributed by atoms with Gasteiger partial charge in [0.1, 0.15) is 0 Å². The van der Waals surface area contributed by atoms with Crippen molar-refractivity contribution < 1.29 is 14.3 Å². The summed E-state index contributed by atoms with van der Waals surface area (Å²) < 4.78 is 4.18. The van der Waals surface area contributed by atoms with Gasteiger partial charge in [-0.2, -0.15) is 0 Å². The number of halogens is 1. The normalized spacial score (nSPS) is 10.0. The molecule has 0 aromatic rings. The lowest BCUT2D eigenvalue weighted by Crippen LogP contribution is -2.05. The molecule has 3 nitrogen and oxygen atoms in total. The smallest absolute Gasteiger partial charge is 0.381 e. The molecule has 0 radical (unpaired) electrons. The predicted molar refractivity (Wildman–Crippen MR) is 60.0 cm³/mol. The van der Waals surface area contributed by atoms with Gasteiger partial charge in [-0.25, -0.2) is 4.79 Å². The second-order valence-electron chi connectivity index (χ2n) is 3.58. The molecule has 0 spiro atoms. The number of hydrogen-bond donors (Lipinski definition) is 0. The number of ether oxygens (including phenoxy) is 1. The number of carbonyl (C=O) groups excluding carboxylic acids is 2. The summed E-state index contributed by atoms with van der Waals surface area (Å²) in [6.07, 6.45) is 8.21. The highest BCUT2D eigenvalue weighted by Crippen LogP contribution is 2.08. The van der Waals surface area contributed by atoms with Gasteiger partial charge in [0.05, 0.1) is 0 Å². The maximum Gasteiger partial charge on any atom is 0.411 e. The molecule has 0 fully saturated rings. The summed E-state index contributed by atoms with van der Waals surface area (Å²) >= 11 is 4.89. The molecule has 0 amide bonds. The summed E-state index contributed by atoms with van der Waals surface area (Å²) in [5.41, 5.74) is -1.04. The van der Waals surface area contributed by atoms with Crippen LogP contribution >= 0.6 is 11.6 Å². The second kappa shape index (κ2) is 9.97. The molecule has 0 unspecified atom stereocenters. The van der Waals surface area contributed by atoms with Gasteiger partial charge in [-0.1, -0.05) is 45.4 Å². The van der Waals surface area contributed by atoms with Crippen LogP contribution in [0.3, 0.4) is 0 Å². The van der Waals surface area contributed by atoms with Gasteiger partial charge in [0.15, 0.2) is 0 Å². The van der Waals surface area contributed by atoms with E-state index in [1.165, 1.54) is 25.7 Å². The molecule has 4 heteroatoms. The first kappa shape index (κ1) is 14.4. The predicted octanol–water partition coefficient (Wildman–Crippen LogP) is 4.03. The Morgan fingerprint density at radius 3 is 2.07 bits per heavy atom. The summed E-state index contributed by atoms with van der Waals surface area (Å²) in [7, 11) is 0. The van der Waals surface area contributed by atoms with Crippen LogP contribution in [-0.4, -0.2) is 11.4 Å². The summed E-state index contributed by atoms with van der Waals surface area (Å²) in [4.78, 5) is 21.0. The number of unbranched alkanes of at least 4 members (excludes halogenated alkanes) is 6. The van der Waals surface area contributed by atoms with Crippen LogP contribution in [0.25, 0.3) is 0 Å². The van der Waals surface area contributed by atoms with Gasteiger partial charge in [0.25, 0.3) is 0 Å². The van der Waals surface area contributed by atoms with Crippen molar-refractivity contribution in [1.82, 2.24) is 0 Å². The number of esters is 1. The lowest BCUT2D eigenvalue weighted by Gasteiger charge is -2.00. The van der Waals surface area contributed by atoms with Crippen LogP contribution in [-0.2, 0) is 9.53 Å². The standard InChI is InChI=1S/C11H19ClO3/c1-2-3-4-5-6-7-8-9-10(13)15-11(12)14/h2-9H2,1H3. The van der Waals surface area contributed by atoms with Gasteiger partial charge in [0.2, 0.25) is 0 Å². The zero-order chi connectivity index (χ0) is 11.5. The van der Waals surface area contributed by atoms with E-state index >= 15 is 0 Å². The molecule has 15 heavy (non-hydrogen) atoms. The SMILES string of the molecule is CCCCCCCCCC(=O)OC(=O)Cl. The zero-order valence-electron chi connectivity index (χ0n) is 9.26. The Morgan fingerprint density at radius 2 is 1.53 bits per heavy atom. The van der Waals surface area contributed by atoms with Crippen LogP contribution in [0, 0.1) is 0 Å². The van der Waals surface area contributed by atoms with Crippen LogP contribution < -0.4 is 0 Å². The lowest BCUT2D eigenvalue weighted by molar-refractivity contribution is -0.136. The fourth-order valence-corrected chi connectivity index (χ4v) is 1.45. The van der Waals surface area contributed by atoms with E-state index < -0.39 is 11.4 Å². The summed E-state index contributed by atoms with van der Waals surface area (Å²) in [5.74, 6) is -0.524. The fourth-order valence-electron chi connectivity index (χ4n) is 1.37. The van der Waals surface area contributed by atoms with Crippen molar-refractivity contribution in [2.75, 3.05) is 0 Å². The minimum absolute atomic E-state index is 0.284. The molecule has 0 aromatic carbocycles. The zero-order valence-corrected chi connectivity index (χ0v) is 10.0. The van der Waals surface area contributed by atoms with Crippen LogP contribution in [0.5, 0.6) is 0 Å². The Kier molecular flexibility index (Phi) is 9.59. The number of rotatable bonds is 8. The third kappa shape index (κ3) is 11.4. The Hall–Kier alpha value is -0.570. The van der Waals surface area contributed by atoms with Crippen molar-refractivity contribution in [2.24, 2.45) is 0 Å². The number of hydrogen-bond acceptors (Lipinski definition) is 3. The topological polar surface area (TPSA) is 43.4 Å². The monoisotopic (exact) mass is 234 g/mol. The Labute approximate surface area is 96.1 Å². The average Bonchev–Trinajstić information content (AvgIpc) is 2.15. The first-order valence-corrected chi connectivity index (χ1v) is 5.94. The molecule has 0 atom stereocenters. The highest BCUT2D eigenvalue weighted by atomic mass is 35.5. The molecule has 0 aliphatic carbocycles. The van der Waals surface area contributed by atoms with E-state index in [1.807, 2.05) is 0 Å². The van der Waals surface area contributed by atoms with E-state index in [0.717, 1.165) is 19.3 Å². The lowest BCUT2D eigenvalue weighted by atomic mass is 10.1. The highest BCUT2D eigenvalue weighted by Gasteiger charge is 2.06. The van der Waals surface area contributed by atoms with E-state index in [1.54, 1.807) is 0 Å². The molecule has 0 saturated carbocycles. The van der Waals surface area contributed by atoms with Crippen LogP contribution in [0.2, 0.25) is 0 Å². The molecule has 0 aliphatic rings. The summed E-state index contributed by atoms with van der Waals surface area (Å²) in [6.45, 7) is 2.18. The highest BCUT2D eigenvalue weighted by molar-refractivity contribution is 6.61. The number of carbonyl (C=O) groups is 2. The first-order valence-electron chi connectivity index (χ1n) is 5.57. The van der Waals surface area contributed by atoms with Crippen molar-refractivity contribution in [3.05, 3.63) is 0 Å². The van der Waals surface area contributed by atoms with E-state index in [9.17, 15) is 9.59 Å². The Bertz CT molecular complexity index is 192. The molecule has 0 aliphatic heterocycles. The van der Waals surface area contributed by atoms with Crippen LogP contribution in [0.15, 0.2) is 0 Å². The molecule has 0 aromatic heterocycles. The summed E-state index contributed by atoms with van der Waals surface area (Å²) in [5, 5.41) is 0. The first-order chi connectivity index (χ1) is 7.16. The Morgan fingerprint density at radius 1 is 1.00 bits per heavy atom. The van der Waals surface area contributed by atoms with Crippen molar-refractivity contribution in [1.29, 1.82) is 0 Å². The molecule has 0 rings (SSSR count). The molecule has 88 valence electrons. The third-order valence-electron chi connectivity index (χ3n) is 2.18. The quantitative estimate of drug-likeness (QED) is 0.276. The molecule has 0 N–H and O–H groups in total. The molecular formula is C11H19ClO3. The van der Waals surface area contributed by atoms with Gasteiger partial charge < -0.3 is 4.74 Å². The van der Waals surface area contributed by atoms with Gasteiger partial charge in [-0.3, -0.25) is 4.79 Å². The minimum atomic E-state index is -1.04. The van der Waals surface area contributed by atoms with E-state index in [0.29, 0.717) is 0 Å². The van der Waals surface area contributed by atoms with Gasteiger partial charge in [-0.15, -0.1) is 0 Å². The van der Waals surface area contributed by atoms with Gasteiger partial charge in [-0.05, 0) is 6.42 Å².